The van der Waals surface area contributed by atoms with E-state index >= 15 is 0 Å². The average Bonchev–Trinajstić information content (AvgIpc) is 3.43. The lowest BCUT2D eigenvalue weighted by Gasteiger charge is -2.12. The van der Waals surface area contributed by atoms with Crippen LogP contribution in [0.25, 0.3) is 22.5 Å². The monoisotopic (exact) mass is 439 g/mol. The van der Waals surface area contributed by atoms with Crippen molar-refractivity contribution in [3.63, 3.8) is 0 Å². The molecule has 0 radical (unpaired) electrons. The number of rotatable bonds is 6. The van der Waals surface area contributed by atoms with E-state index in [0.717, 1.165) is 11.4 Å². The Kier molecular flexibility index (Phi) is 5.27. The zero-order valence-electron chi connectivity index (χ0n) is 18.1. The van der Waals surface area contributed by atoms with Crippen LogP contribution in [-0.2, 0) is 0 Å². The molecule has 5 aromatic rings. The Morgan fingerprint density at radius 3 is 2.64 bits per heavy atom. The summed E-state index contributed by atoms with van der Waals surface area (Å²) in [6.07, 6.45) is 3.16. The van der Waals surface area contributed by atoms with Crippen molar-refractivity contribution in [1.29, 1.82) is 0 Å². The standard InChI is InChI=1S/C24H21N7O2/c1-3-33-20-12-8-7-11-18(20)24(32)28-21-13-16(2)29-31(21)23-19-14-27-30(22(19)25-15-26-23)17-9-5-4-6-10-17/h4-15H,3H2,1-2H3,(H,28,32). The van der Waals surface area contributed by atoms with Gasteiger partial charge in [-0.25, -0.2) is 14.6 Å². The van der Waals surface area contributed by atoms with Crippen LogP contribution in [0, 0.1) is 6.92 Å². The lowest BCUT2D eigenvalue weighted by Crippen LogP contribution is -2.17. The number of nitrogens with one attached hydrogen (secondary N) is 1. The Morgan fingerprint density at radius 1 is 1.03 bits per heavy atom. The summed E-state index contributed by atoms with van der Waals surface area (Å²) in [6, 6.07) is 18.6. The Balaban J connectivity index is 1.55. The summed E-state index contributed by atoms with van der Waals surface area (Å²) in [7, 11) is 0. The molecule has 1 amide bonds. The number of aromatic nitrogens is 6. The van der Waals surface area contributed by atoms with Gasteiger partial charge >= 0.3 is 0 Å². The fourth-order valence-corrected chi connectivity index (χ4v) is 3.63. The maximum Gasteiger partial charge on any atom is 0.260 e. The smallest absolute Gasteiger partial charge is 0.260 e. The molecule has 0 saturated heterocycles. The summed E-state index contributed by atoms with van der Waals surface area (Å²) >= 11 is 0. The highest BCUT2D eigenvalue weighted by Crippen LogP contribution is 2.25. The molecule has 0 aliphatic heterocycles. The topological polar surface area (TPSA) is 99.8 Å². The normalized spacial score (nSPS) is 11.0. The van der Waals surface area contributed by atoms with Crippen LogP contribution in [0.15, 0.2) is 73.2 Å². The van der Waals surface area contributed by atoms with E-state index in [4.69, 9.17) is 4.74 Å². The van der Waals surface area contributed by atoms with E-state index in [0.29, 0.717) is 40.6 Å². The summed E-state index contributed by atoms with van der Waals surface area (Å²) in [5.74, 6) is 1.22. The number of carbonyl (C=O) groups is 1. The maximum absolute atomic E-state index is 13.1. The van der Waals surface area contributed by atoms with E-state index in [2.05, 4.69) is 25.5 Å². The molecule has 33 heavy (non-hydrogen) atoms. The molecular weight excluding hydrogens is 418 g/mol. The first-order valence-corrected chi connectivity index (χ1v) is 10.5. The highest BCUT2D eigenvalue weighted by atomic mass is 16.5. The Morgan fingerprint density at radius 2 is 1.82 bits per heavy atom. The SMILES string of the molecule is CCOc1ccccc1C(=O)Nc1cc(C)nn1-c1ncnc2c1cnn2-c1ccccc1. The molecule has 164 valence electrons. The van der Waals surface area contributed by atoms with Crippen LogP contribution in [0.1, 0.15) is 23.0 Å². The molecule has 0 saturated carbocycles. The fraction of sp³-hybridized carbons (Fsp3) is 0.125. The van der Waals surface area contributed by atoms with Gasteiger partial charge in [0, 0.05) is 6.07 Å². The number of hydrogen-bond acceptors (Lipinski definition) is 6. The molecule has 9 nitrogen and oxygen atoms in total. The summed E-state index contributed by atoms with van der Waals surface area (Å²) in [5.41, 5.74) is 2.69. The molecule has 0 bridgehead atoms. The molecule has 0 unspecified atom stereocenters. The second-order valence-corrected chi connectivity index (χ2v) is 7.29. The van der Waals surface area contributed by atoms with Gasteiger partial charge in [-0.2, -0.15) is 14.9 Å². The number of fused-ring (bicyclic) bond motifs is 1. The molecule has 0 fully saturated rings. The second-order valence-electron chi connectivity index (χ2n) is 7.29. The van der Waals surface area contributed by atoms with Gasteiger partial charge in [-0.15, -0.1) is 0 Å². The number of benzene rings is 2. The number of aryl methyl sites for hydroxylation is 1. The van der Waals surface area contributed by atoms with Crippen LogP contribution in [-0.4, -0.2) is 42.0 Å². The molecule has 5 rings (SSSR count). The van der Waals surface area contributed by atoms with Crippen LogP contribution >= 0.6 is 0 Å². The first-order chi connectivity index (χ1) is 16.2. The van der Waals surface area contributed by atoms with E-state index in [9.17, 15) is 4.79 Å². The lowest BCUT2D eigenvalue weighted by molar-refractivity contribution is 0.102. The van der Waals surface area contributed by atoms with E-state index in [1.54, 1.807) is 39.8 Å². The number of ether oxygens (including phenoxy) is 1. The second kappa shape index (κ2) is 8.54. The third kappa shape index (κ3) is 3.80. The number of hydrogen-bond donors (Lipinski definition) is 1. The molecular formula is C24H21N7O2. The average molecular weight is 439 g/mol. The van der Waals surface area contributed by atoms with Gasteiger partial charge in [-0.3, -0.25) is 4.79 Å². The Labute approximate surface area is 189 Å². The molecule has 9 heteroatoms. The third-order valence-corrected chi connectivity index (χ3v) is 5.05. The molecule has 3 aromatic heterocycles. The van der Waals surface area contributed by atoms with Crippen molar-refractivity contribution < 1.29 is 9.53 Å². The summed E-state index contributed by atoms with van der Waals surface area (Å²) in [4.78, 5) is 21.9. The fourth-order valence-electron chi connectivity index (χ4n) is 3.63. The zero-order chi connectivity index (χ0) is 22.8. The highest BCUT2D eigenvalue weighted by Gasteiger charge is 2.19. The maximum atomic E-state index is 13.1. The largest absolute Gasteiger partial charge is 0.493 e. The van der Waals surface area contributed by atoms with Gasteiger partial charge in [0.25, 0.3) is 5.91 Å². The molecule has 0 spiro atoms. The van der Waals surface area contributed by atoms with Crippen molar-refractivity contribution >= 4 is 22.8 Å². The lowest BCUT2D eigenvalue weighted by atomic mass is 10.2. The molecule has 1 N–H and O–H groups in total. The quantitative estimate of drug-likeness (QED) is 0.430. The Bertz CT molecular complexity index is 1440. The number of para-hydroxylation sites is 2. The highest BCUT2D eigenvalue weighted by molar-refractivity contribution is 6.06. The van der Waals surface area contributed by atoms with Crippen LogP contribution in [0.3, 0.4) is 0 Å². The van der Waals surface area contributed by atoms with Crippen LogP contribution in [0.2, 0.25) is 0 Å². The van der Waals surface area contributed by atoms with E-state index in [1.165, 1.54) is 6.33 Å². The number of carbonyl (C=O) groups excluding carboxylic acids is 1. The van der Waals surface area contributed by atoms with Gasteiger partial charge in [-0.1, -0.05) is 30.3 Å². The summed E-state index contributed by atoms with van der Waals surface area (Å²) in [6.45, 7) is 4.20. The van der Waals surface area contributed by atoms with E-state index < -0.39 is 0 Å². The zero-order valence-corrected chi connectivity index (χ0v) is 18.1. The van der Waals surface area contributed by atoms with Crippen LogP contribution < -0.4 is 10.1 Å². The number of nitrogens with zero attached hydrogens (tertiary/aromatic N) is 6. The minimum atomic E-state index is -0.300. The van der Waals surface area contributed by atoms with Crippen molar-refractivity contribution in [1.82, 2.24) is 29.5 Å². The summed E-state index contributed by atoms with van der Waals surface area (Å²) < 4.78 is 8.94. The van der Waals surface area contributed by atoms with Crippen molar-refractivity contribution in [3.05, 3.63) is 84.4 Å². The van der Waals surface area contributed by atoms with Gasteiger partial charge in [0.15, 0.2) is 11.5 Å². The van der Waals surface area contributed by atoms with Crippen LogP contribution in [0.5, 0.6) is 5.75 Å². The van der Waals surface area contributed by atoms with Gasteiger partial charge in [0.2, 0.25) is 0 Å². The van der Waals surface area contributed by atoms with Gasteiger partial charge < -0.3 is 10.1 Å². The van der Waals surface area contributed by atoms with E-state index in [-0.39, 0.29) is 5.91 Å². The third-order valence-electron chi connectivity index (χ3n) is 5.05. The molecule has 0 aliphatic rings. The molecule has 3 heterocycles. The minimum absolute atomic E-state index is 0.300. The van der Waals surface area contributed by atoms with Crippen molar-refractivity contribution in [3.8, 4) is 17.3 Å². The summed E-state index contributed by atoms with van der Waals surface area (Å²) in [5, 5.41) is 12.7. The predicted molar refractivity (Wildman–Crippen MR) is 124 cm³/mol. The predicted octanol–water partition coefficient (Wildman–Crippen LogP) is 3.96. The molecule has 0 aliphatic carbocycles. The Hall–Kier alpha value is -4.53. The minimum Gasteiger partial charge on any atom is -0.493 e. The number of amides is 1. The van der Waals surface area contributed by atoms with Crippen molar-refractivity contribution in [2.75, 3.05) is 11.9 Å². The van der Waals surface area contributed by atoms with E-state index in [1.807, 2.05) is 50.2 Å². The molecule has 0 atom stereocenters. The van der Waals surface area contributed by atoms with Gasteiger partial charge in [0.05, 0.1) is 35.1 Å². The molecule has 2 aromatic carbocycles. The first kappa shape index (κ1) is 20.4. The number of anilines is 1. The van der Waals surface area contributed by atoms with Crippen molar-refractivity contribution in [2.45, 2.75) is 13.8 Å². The van der Waals surface area contributed by atoms with Crippen molar-refractivity contribution in [2.24, 2.45) is 0 Å². The van der Waals surface area contributed by atoms with Gasteiger partial charge in [-0.05, 0) is 38.1 Å². The van der Waals surface area contributed by atoms with Gasteiger partial charge in [0.1, 0.15) is 17.9 Å². The first-order valence-electron chi connectivity index (χ1n) is 10.5. The van der Waals surface area contributed by atoms with Crippen LogP contribution in [0.4, 0.5) is 5.82 Å².